The summed E-state index contributed by atoms with van der Waals surface area (Å²) in [7, 11) is 0. The van der Waals surface area contributed by atoms with Crippen molar-refractivity contribution in [3.8, 4) is 0 Å². The van der Waals surface area contributed by atoms with E-state index in [0.29, 0.717) is 17.7 Å². The van der Waals surface area contributed by atoms with E-state index in [0.717, 1.165) is 42.0 Å². The van der Waals surface area contributed by atoms with Crippen LogP contribution in [-0.4, -0.2) is 27.5 Å². The van der Waals surface area contributed by atoms with Gasteiger partial charge in [-0.05, 0) is 44.7 Å². The van der Waals surface area contributed by atoms with Gasteiger partial charge in [-0.25, -0.2) is 4.98 Å². The van der Waals surface area contributed by atoms with E-state index in [4.69, 9.17) is 9.51 Å². The van der Waals surface area contributed by atoms with E-state index in [1.165, 1.54) is 4.70 Å². The van der Waals surface area contributed by atoms with Crippen LogP contribution in [0, 0.1) is 6.92 Å². The molecule has 0 radical (unpaired) electrons. The Hall–Kier alpha value is -2.21. The number of carbonyl (C=O) groups excluding carboxylic acids is 1. The molecule has 3 aromatic rings. The average Bonchev–Trinajstić information content (AvgIpc) is 3.24. The van der Waals surface area contributed by atoms with Crippen LogP contribution < -0.4 is 0 Å². The van der Waals surface area contributed by atoms with Crippen molar-refractivity contribution in [3.63, 3.8) is 0 Å². The highest BCUT2D eigenvalue weighted by atomic mass is 32.1. The van der Waals surface area contributed by atoms with Crippen molar-refractivity contribution in [1.29, 1.82) is 0 Å². The molecule has 1 fully saturated rings. The molecule has 4 rings (SSSR count). The summed E-state index contributed by atoms with van der Waals surface area (Å²) in [5.74, 6) is 0.634. The first-order chi connectivity index (χ1) is 12.2. The fraction of sp³-hybridized carbons (Fsp3) is 0.421. The minimum absolute atomic E-state index is 0.0274. The van der Waals surface area contributed by atoms with Crippen LogP contribution in [0.3, 0.4) is 0 Å². The summed E-state index contributed by atoms with van der Waals surface area (Å²) < 4.78 is 6.45. The molecule has 1 aliphatic heterocycles. The Morgan fingerprint density at radius 1 is 1.36 bits per heavy atom. The average molecular weight is 355 g/mol. The first-order valence-corrected chi connectivity index (χ1v) is 9.62. The summed E-state index contributed by atoms with van der Waals surface area (Å²) in [5, 5.41) is 5.08. The summed E-state index contributed by atoms with van der Waals surface area (Å²) in [6, 6.07) is 8.19. The fourth-order valence-electron chi connectivity index (χ4n) is 3.54. The molecule has 130 valence electrons. The van der Waals surface area contributed by atoms with Crippen LogP contribution in [0.25, 0.3) is 10.2 Å². The number of carbonyl (C=O) groups is 1. The lowest BCUT2D eigenvalue weighted by molar-refractivity contribution is 0.0608. The summed E-state index contributed by atoms with van der Waals surface area (Å²) in [5.41, 5.74) is 2.39. The summed E-state index contributed by atoms with van der Waals surface area (Å²) in [6.45, 7) is 4.57. The number of para-hydroxylation sites is 1. The predicted molar refractivity (Wildman–Crippen MR) is 97.9 cm³/mol. The molecule has 1 unspecified atom stereocenters. The fourth-order valence-corrected chi connectivity index (χ4v) is 4.66. The van der Waals surface area contributed by atoms with Crippen molar-refractivity contribution in [3.05, 3.63) is 46.3 Å². The molecule has 0 saturated carbocycles. The molecule has 1 saturated heterocycles. The number of piperidine rings is 1. The summed E-state index contributed by atoms with van der Waals surface area (Å²) >= 11 is 1.69. The third-order valence-corrected chi connectivity index (χ3v) is 5.98. The molecule has 0 spiro atoms. The molecule has 0 N–H and O–H groups in total. The lowest BCUT2D eigenvalue weighted by Crippen LogP contribution is -2.39. The Morgan fingerprint density at radius 2 is 2.20 bits per heavy atom. The van der Waals surface area contributed by atoms with Gasteiger partial charge in [0.15, 0.2) is 0 Å². The molecule has 2 aromatic heterocycles. The third-order valence-electron chi connectivity index (χ3n) is 4.84. The molecular weight excluding hydrogens is 334 g/mol. The highest BCUT2D eigenvalue weighted by molar-refractivity contribution is 7.18. The molecule has 25 heavy (non-hydrogen) atoms. The van der Waals surface area contributed by atoms with Gasteiger partial charge in [-0.1, -0.05) is 24.2 Å². The second-order valence-corrected chi connectivity index (χ2v) is 7.51. The number of thiazole rings is 1. The Labute approximate surface area is 150 Å². The first kappa shape index (κ1) is 16.3. The van der Waals surface area contributed by atoms with Crippen LogP contribution in [0.1, 0.15) is 59.0 Å². The Balaban J connectivity index is 1.71. The lowest BCUT2D eigenvalue weighted by atomic mass is 10.0. The van der Waals surface area contributed by atoms with Crippen LogP contribution in [0.2, 0.25) is 0 Å². The zero-order valence-electron chi connectivity index (χ0n) is 14.5. The Kier molecular flexibility index (Phi) is 4.29. The van der Waals surface area contributed by atoms with Gasteiger partial charge >= 0.3 is 0 Å². The second kappa shape index (κ2) is 6.59. The standard InChI is InChI=1S/C19H21N3O2S/c1-3-13-17(12(2)24-21-13)19(23)22-11-7-6-9-15(22)18-20-14-8-4-5-10-16(14)25-18/h4-5,8,10,15H,3,6-7,9,11H2,1-2H3. The van der Waals surface area contributed by atoms with Crippen molar-refractivity contribution in [2.45, 2.75) is 45.6 Å². The third kappa shape index (κ3) is 2.84. The van der Waals surface area contributed by atoms with Gasteiger partial charge < -0.3 is 9.42 Å². The Bertz CT molecular complexity index is 881. The Morgan fingerprint density at radius 3 is 3.00 bits per heavy atom. The van der Waals surface area contributed by atoms with E-state index >= 15 is 0 Å². The maximum Gasteiger partial charge on any atom is 0.259 e. The van der Waals surface area contributed by atoms with Crippen molar-refractivity contribution in [2.24, 2.45) is 0 Å². The van der Waals surface area contributed by atoms with Crippen LogP contribution in [0.5, 0.6) is 0 Å². The molecule has 0 bridgehead atoms. The SMILES string of the molecule is CCc1noc(C)c1C(=O)N1CCCCC1c1nc2ccccc2s1. The second-order valence-electron chi connectivity index (χ2n) is 6.44. The minimum atomic E-state index is 0.0274. The van der Waals surface area contributed by atoms with E-state index in [9.17, 15) is 4.79 Å². The van der Waals surface area contributed by atoms with Crippen LogP contribution in [0.4, 0.5) is 0 Å². The van der Waals surface area contributed by atoms with E-state index < -0.39 is 0 Å². The number of hydrogen-bond donors (Lipinski definition) is 0. The van der Waals surface area contributed by atoms with Crippen LogP contribution >= 0.6 is 11.3 Å². The van der Waals surface area contributed by atoms with E-state index in [1.54, 1.807) is 11.3 Å². The number of nitrogens with zero attached hydrogens (tertiary/aromatic N) is 3. The van der Waals surface area contributed by atoms with Gasteiger partial charge in [0, 0.05) is 6.54 Å². The maximum absolute atomic E-state index is 13.3. The number of hydrogen-bond acceptors (Lipinski definition) is 5. The van der Waals surface area contributed by atoms with Gasteiger partial charge in [0.05, 0.1) is 22.0 Å². The molecule has 1 atom stereocenters. The maximum atomic E-state index is 13.3. The van der Waals surface area contributed by atoms with Gasteiger partial charge in [-0.2, -0.15) is 0 Å². The van der Waals surface area contributed by atoms with E-state index in [-0.39, 0.29) is 11.9 Å². The van der Waals surface area contributed by atoms with Gasteiger partial charge in [-0.15, -0.1) is 11.3 Å². The quantitative estimate of drug-likeness (QED) is 0.693. The van der Waals surface area contributed by atoms with E-state index in [1.807, 2.05) is 36.9 Å². The minimum Gasteiger partial charge on any atom is -0.361 e. The molecule has 1 aromatic carbocycles. The summed E-state index contributed by atoms with van der Waals surface area (Å²) in [4.78, 5) is 20.0. The summed E-state index contributed by atoms with van der Waals surface area (Å²) in [6.07, 6.45) is 3.79. The predicted octanol–water partition coefficient (Wildman–Crippen LogP) is 4.52. The van der Waals surface area contributed by atoms with Crippen molar-refractivity contribution in [2.75, 3.05) is 6.54 Å². The van der Waals surface area contributed by atoms with Gasteiger partial charge in [-0.3, -0.25) is 4.79 Å². The first-order valence-electron chi connectivity index (χ1n) is 8.80. The number of likely N-dealkylation sites (tertiary alicyclic amines) is 1. The van der Waals surface area contributed by atoms with Gasteiger partial charge in [0.1, 0.15) is 16.3 Å². The molecule has 5 nitrogen and oxygen atoms in total. The largest absolute Gasteiger partial charge is 0.361 e. The van der Waals surface area contributed by atoms with Crippen LogP contribution in [0.15, 0.2) is 28.8 Å². The number of amides is 1. The molecule has 1 amide bonds. The molecule has 1 aliphatic rings. The smallest absolute Gasteiger partial charge is 0.259 e. The van der Waals surface area contributed by atoms with Gasteiger partial charge in [0.2, 0.25) is 0 Å². The lowest BCUT2D eigenvalue weighted by Gasteiger charge is -2.34. The molecule has 6 heteroatoms. The topological polar surface area (TPSA) is 59.2 Å². The van der Waals surface area contributed by atoms with Crippen molar-refractivity contribution in [1.82, 2.24) is 15.0 Å². The van der Waals surface area contributed by atoms with Crippen molar-refractivity contribution >= 4 is 27.5 Å². The molecule has 0 aliphatic carbocycles. The number of fused-ring (bicyclic) bond motifs is 1. The number of aryl methyl sites for hydroxylation is 2. The molecule has 3 heterocycles. The number of benzene rings is 1. The number of aromatic nitrogens is 2. The normalized spacial score (nSPS) is 18.0. The highest BCUT2D eigenvalue weighted by Gasteiger charge is 2.33. The number of rotatable bonds is 3. The van der Waals surface area contributed by atoms with E-state index in [2.05, 4.69) is 11.2 Å². The van der Waals surface area contributed by atoms with Crippen LogP contribution in [-0.2, 0) is 6.42 Å². The van der Waals surface area contributed by atoms with Crippen molar-refractivity contribution < 1.29 is 9.32 Å². The highest BCUT2D eigenvalue weighted by Crippen LogP contribution is 2.37. The van der Waals surface area contributed by atoms with Gasteiger partial charge in [0.25, 0.3) is 5.91 Å². The molecular formula is C19H21N3O2S. The zero-order valence-corrected chi connectivity index (χ0v) is 15.3. The zero-order chi connectivity index (χ0) is 17.4. The monoisotopic (exact) mass is 355 g/mol.